The Balaban J connectivity index is 1.28. The molecule has 1 amide bonds. The van der Waals surface area contributed by atoms with Crippen molar-refractivity contribution in [2.24, 2.45) is 0 Å². The topological polar surface area (TPSA) is 65.1 Å². The van der Waals surface area contributed by atoms with Crippen molar-refractivity contribution in [3.63, 3.8) is 0 Å². The molecule has 1 fully saturated rings. The van der Waals surface area contributed by atoms with E-state index in [1.165, 1.54) is 77.0 Å². The average Bonchev–Trinajstić information content (AvgIpc) is 3.04. The van der Waals surface area contributed by atoms with Gasteiger partial charge in [-0.15, -0.1) is 0 Å². The number of carbonyl (C=O) groups excluding carboxylic acids is 2. The highest BCUT2D eigenvalue weighted by molar-refractivity contribution is 5.76. The van der Waals surface area contributed by atoms with Crippen LogP contribution in [0.25, 0.3) is 11.1 Å². The normalized spacial score (nSPS) is 13.5. The number of hydrogen-bond donors (Lipinski definition) is 0. The molecular formula is C38H57NO5. The molecule has 1 aliphatic heterocycles. The number of benzene rings is 2. The Morgan fingerprint density at radius 3 is 1.66 bits per heavy atom. The van der Waals surface area contributed by atoms with Crippen LogP contribution in [0.5, 0.6) is 11.5 Å². The minimum absolute atomic E-state index is 0.222. The fourth-order valence-electron chi connectivity index (χ4n) is 5.76. The van der Waals surface area contributed by atoms with Crippen molar-refractivity contribution in [3.05, 3.63) is 48.5 Å². The van der Waals surface area contributed by atoms with Gasteiger partial charge in [-0.25, -0.2) is 4.79 Å². The summed E-state index contributed by atoms with van der Waals surface area (Å²) in [6.45, 7) is 6.50. The van der Waals surface area contributed by atoms with E-state index in [0.29, 0.717) is 38.1 Å². The van der Waals surface area contributed by atoms with E-state index in [1.54, 1.807) is 12.1 Å². The van der Waals surface area contributed by atoms with Crippen LogP contribution < -0.4 is 9.47 Å². The van der Waals surface area contributed by atoms with Crippen molar-refractivity contribution in [2.45, 2.75) is 136 Å². The third kappa shape index (κ3) is 14.2. The molecule has 2 aromatic carbocycles. The summed E-state index contributed by atoms with van der Waals surface area (Å²) in [7, 11) is 0. The SMILES string of the molecule is CCCCCCCCCCOc1ccc(-c2ccc(OC(=O)OC3CCN(C(=O)CCCCCCCCC)CC3)cc2)cc1. The maximum atomic E-state index is 12.5. The van der Waals surface area contributed by atoms with Crippen molar-refractivity contribution >= 4 is 12.1 Å². The van der Waals surface area contributed by atoms with Gasteiger partial charge in [0.1, 0.15) is 17.6 Å². The fraction of sp³-hybridized carbons (Fsp3) is 0.632. The highest BCUT2D eigenvalue weighted by Crippen LogP contribution is 2.25. The minimum atomic E-state index is -0.691. The molecule has 244 valence electrons. The maximum Gasteiger partial charge on any atom is 0.514 e. The minimum Gasteiger partial charge on any atom is -0.494 e. The first-order valence-corrected chi connectivity index (χ1v) is 17.6. The van der Waals surface area contributed by atoms with Crippen LogP contribution in [0.4, 0.5) is 4.79 Å². The first-order chi connectivity index (χ1) is 21.6. The molecule has 44 heavy (non-hydrogen) atoms. The highest BCUT2D eigenvalue weighted by Gasteiger charge is 2.25. The predicted octanol–water partition coefficient (Wildman–Crippen LogP) is 10.5. The third-order valence-corrected chi connectivity index (χ3v) is 8.56. The van der Waals surface area contributed by atoms with E-state index < -0.39 is 6.16 Å². The van der Waals surface area contributed by atoms with Gasteiger partial charge in [0.25, 0.3) is 0 Å². The van der Waals surface area contributed by atoms with Crippen LogP contribution >= 0.6 is 0 Å². The standard InChI is InChI=1S/C38H57NO5/c1-3-5-7-9-11-13-15-17-31-42-34-23-19-32(20-24-34)33-21-25-35(26-22-33)43-38(41)44-36-27-29-39(30-28-36)37(40)18-16-14-12-10-8-6-4-2/h19-26,36H,3-18,27-31H2,1-2H3. The number of rotatable bonds is 21. The van der Waals surface area contributed by atoms with Gasteiger partial charge >= 0.3 is 6.16 Å². The van der Waals surface area contributed by atoms with Gasteiger partial charge in [0.2, 0.25) is 5.91 Å². The molecule has 6 nitrogen and oxygen atoms in total. The zero-order chi connectivity index (χ0) is 31.2. The zero-order valence-electron chi connectivity index (χ0n) is 27.5. The largest absolute Gasteiger partial charge is 0.514 e. The van der Waals surface area contributed by atoms with Gasteiger partial charge in [0.15, 0.2) is 0 Å². The second-order valence-corrected chi connectivity index (χ2v) is 12.3. The summed E-state index contributed by atoms with van der Waals surface area (Å²) in [5, 5.41) is 0. The molecule has 0 bridgehead atoms. The summed E-state index contributed by atoms with van der Waals surface area (Å²) in [4.78, 5) is 26.9. The number of unbranched alkanes of at least 4 members (excludes halogenated alkanes) is 13. The van der Waals surface area contributed by atoms with E-state index in [-0.39, 0.29) is 12.0 Å². The summed E-state index contributed by atoms with van der Waals surface area (Å²) in [6, 6.07) is 15.6. The number of ether oxygens (including phenoxy) is 3. The summed E-state index contributed by atoms with van der Waals surface area (Å²) < 4.78 is 16.9. The van der Waals surface area contributed by atoms with Gasteiger partial charge in [0.05, 0.1) is 6.61 Å². The maximum absolute atomic E-state index is 12.5. The lowest BCUT2D eigenvalue weighted by Crippen LogP contribution is -2.41. The van der Waals surface area contributed by atoms with Crippen molar-refractivity contribution in [1.29, 1.82) is 0 Å². The van der Waals surface area contributed by atoms with Crippen LogP contribution in [-0.4, -0.2) is 42.8 Å². The Kier molecular flexibility index (Phi) is 17.4. The Bertz CT molecular complexity index is 1040. The first kappa shape index (κ1) is 35.5. The third-order valence-electron chi connectivity index (χ3n) is 8.56. The number of piperidine rings is 1. The molecule has 0 aromatic heterocycles. The summed E-state index contributed by atoms with van der Waals surface area (Å²) in [6.07, 6.45) is 19.8. The lowest BCUT2D eigenvalue weighted by atomic mass is 10.1. The van der Waals surface area contributed by atoms with Gasteiger partial charge in [-0.05, 0) is 48.2 Å². The second kappa shape index (κ2) is 21.6. The van der Waals surface area contributed by atoms with Gasteiger partial charge in [-0.2, -0.15) is 0 Å². The molecule has 1 heterocycles. The monoisotopic (exact) mass is 607 g/mol. The van der Waals surface area contributed by atoms with Gasteiger partial charge in [-0.3, -0.25) is 4.79 Å². The Hall–Kier alpha value is -3.02. The van der Waals surface area contributed by atoms with E-state index in [9.17, 15) is 9.59 Å². The lowest BCUT2D eigenvalue weighted by Gasteiger charge is -2.31. The van der Waals surface area contributed by atoms with E-state index in [4.69, 9.17) is 14.2 Å². The number of amides is 1. The Morgan fingerprint density at radius 1 is 0.636 bits per heavy atom. The zero-order valence-corrected chi connectivity index (χ0v) is 27.5. The molecule has 1 saturated heterocycles. The average molecular weight is 608 g/mol. The molecule has 0 N–H and O–H groups in total. The molecule has 1 aliphatic rings. The van der Waals surface area contributed by atoms with Crippen LogP contribution in [-0.2, 0) is 9.53 Å². The fourth-order valence-corrected chi connectivity index (χ4v) is 5.76. The highest BCUT2D eigenvalue weighted by atomic mass is 16.7. The number of hydrogen-bond acceptors (Lipinski definition) is 5. The van der Waals surface area contributed by atoms with Gasteiger partial charge in [-0.1, -0.05) is 122 Å². The van der Waals surface area contributed by atoms with Crippen molar-refractivity contribution < 1.29 is 23.8 Å². The van der Waals surface area contributed by atoms with E-state index in [2.05, 4.69) is 26.0 Å². The van der Waals surface area contributed by atoms with Crippen molar-refractivity contribution in [3.8, 4) is 22.6 Å². The molecular weight excluding hydrogens is 550 g/mol. The molecule has 2 aromatic rings. The van der Waals surface area contributed by atoms with Gasteiger partial charge < -0.3 is 19.1 Å². The molecule has 0 radical (unpaired) electrons. The summed E-state index contributed by atoms with van der Waals surface area (Å²) in [5.74, 6) is 1.56. The van der Waals surface area contributed by atoms with Crippen LogP contribution in [0.2, 0.25) is 0 Å². The van der Waals surface area contributed by atoms with E-state index >= 15 is 0 Å². The van der Waals surface area contributed by atoms with Crippen LogP contribution in [0.1, 0.15) is 129 Å². The lowest BCUT2D eigenvalue weighted by molar-refractivity contribution is -0.133. The summed E-state index contributed by atoms with van der Waals surface area (Å²) in [5.41, 5.74) is 2.11. The first-order valence-electron chi connectivity index (χ1n) is 17.6. The predicted molar refractivity (Wildman–Crippen MR) is 179 cm³/mol. The smallest absolute Gasteiger partial charge is 0.494 e. The van der Waals surface area contributed by atoms with Crippen molar-refractivity contribution in [2.75, 3.05) is 19.7 Å². The molecule has 0 spiro atoms. The van der Waals surface area contributed by atoms with Crippen LogP contribution in [0, 0.1) is 0 Å². The quantitative estimate of drug-likeness (QED) is 0.0802. The molecule has 0 unspecified atom stereocenters. The van der Waals surface area contributed by atoms with Crippen molar-refractivity contribution in [1.82, 2.24) is 4.90 Å². The van der Waals surface area contributed by atoms with E-state index in [0.717, 1.165) is 42.7 Å². The second-order valence-electron chi connectivity index (χ2n) is 12.3. The summed E-state index contributed by atoms with van der Waals surface area (Å²) >= 11 is 0. The van der Waals surface area contributed by atoms with Crippen LogP contribution in [0.3, 0.4) is 0 Å². The van der Waals surface area contributed by atoms with Crippen LogP contribution in [0.15, 0.2) is 48.5 Å². The molecule has 3 rings (SSSR count). The van der Waals surface area contributed by atoms with Gasteiger partial charge in [0, 0.05) is 32.4 Å². The molecule has 6 heteroatoms. The molecule has 0 aliphatic carbocycles. The number of nitrogens with zero attached hydrogens (tertiary/aromatic N) is 1. The van der Waals surface area contributed by atoms with E-state index in [1.807, 2.05) is 29.2 Å². The molecule has 0 saturated carbocycles. The number of likely N-dealkylation sites (tertiary alicyclic amines) is 1. The Labute approximate surface area is 266 Å². The molecule has 0 atom stereocenters. The Morgan fingerprint density at radius 2 is 1.11 bits per heavy atom. The number of carbonyl (C=O) groups is 2.